The van der Waals surface area contributed by atoms with Crippen molar-refractivity contribution in [3.05, 3.63) is 34.5 Å². The molecule has 0 spiro atoms. The van der Waals surface area contributed by atoms with E-state index in [0.29, 0.717) is 19.8 Å². The van der Waals surface area contributed by atoms with Crippen molar-refractivity contribution < 1.29 is 9.47 Å². The van der Waals surface area contributed by atoms with Gasteiger partial charge in [-0.05, 0) is 31.5 Å². The summed E-state index contributed by atoms with van der Waals surface area (Å²) in [6.07, 6.45) is 0.968. The van der Waals surface area contributed by atoms with Crippen LogP contribution in [0.5, 0.6) is 11.5 Å². The van der Waals surface area contributed by atoms with E-state index in [2.05, 4.69) is 18.2 Å². The van der Waals surface area contributed by atoms with E-state index in [1.807, 2.05) is 18.2 Å². The van der Waals surface area contributed by atoms with E-state index in [1.54, 1.807) is 11.3 Å². The van der Waals surface area contributed by atoms with Gasteiger partial charge in [-0.1, -0.05) is 6.92 Å². The van der Waals surface area contributed by atoms with Crippen LogP contribution in [0.3, 0.4) is 0 Å². The minimum atomic E-state index is 0.452. The quantitative estimate of drug-likeness (QED) is 0.802. The first kappa shape index (κ1) is 14.5. The van der Waals surface area contributed by atoms with Crippen molar-refractivity contribution in [3.8, 4) is 22.8 Å². The van der Waals surface area contributed by atoms with Gasteiger partial charge in [0.15, 0.2) is 16.5 Å². The topological polar surface area (TPSA) is 61.8 Å². The number of fused-ring (bicyclic) bond motifs is 2. The Balaban J connectivity index is 1.90. The molecule has 4 rings (SSSR count). The number of nitrogens with zero attached hydrogens (tertiary/aromatic N) is 2. The Labute approximate surface area is 138 Å². The van der Waals surface area contributed by atoms with Crippen LogP contribution in [0, 0.1) is 6.92 Å². The molecule has 0 fully saturated rings. The Kier molecular flexibility index (Phi) is 3.50. The number of rotatable bonds is 3. The molecule has 6 heteroatoms. The fraction of sp³-hybridized carbons (Fsp3) is 0.353. The fourth-order valence-corrected chi connectivity index (χ4v) is 4.22. The van der Waals surface area contributed by atoms with Crippen LogP contribution in [-0.2, 0) is 13.0 Å². The standard InChI is InChI=1S/C17H19N3O2S/c1-3-12-10(2)23-17-19-16(13(9-18)20(12)17)11-4-5-14-15(8-11)22-7-6-21-14/h4-5,8H,3,6-7,9,18H2,1-2H3. The molecule has 120 valence electrons. The van der Waals surface area contributed by atoms with Crippen molar-refractivity contribution >= 4 is 16.3 Å². The minimum absolute atomic E-state index is 0.452. The van der Waals surface area contributed by atoms with E-state index in [1.165, 1.54) is 10.6 Å². The van der Waals surface area contributed by atoms with Gasteiger partial charge in [0.25, 0.3) is 0 Å². The van der Waals surface area contributed by atoms with E-state index in [4.69, 9.17) is 20.2 Å². The highest BCUT2D eigenvalue weighted by molar-refractivity contribution is 7.17. The molecule has 0 unspecified atom stereocenters. The Morgan fingerprint density at radius 3 is 2.74 bits per heavy atom. The molecule has 0 bridgehead atoms. The first-order chi connectivity index (χ1) is 11.2. The van der Waals surface area contributed by atoms with Crippen LogP contribution in [0.2, 0.25) is 0 Å². The molecule has 2 aromatic heterocycles. The minimum Gasteiger partial charge on any atom is -0.486 e. The number of imidazole rings is 1. The zero-order valence-corrected chi connectivity index (χ0v) is 14.1. The lowest BCUT2D eigenvalue weighted by Crippen LogP contribution is -2.15. The summed E-state index contributed by atoms with van der Waals surface area (Å²) in [5, 5.41) is 0. The van der Waals surface area contributed by atoms with Crippen molar-refractivity contribution in [3.63, 3.8) is 0 Å². The van der Waals surface area contributed by atoms with E-state index < -0.39 is 0 Å². The normalized spacial score (nSPS) is 13.7. The lowest BCUT2D eigenvalue weighted by molar-refractivity contribution is 0.171. The third-order valence-corrected chi connectivity index (χ3v) is 5.20. The van der Waals surface area contributed by atoms with Crippen LogP contribution in [0.1, 0.15) is 23.2 Å². The lowest BCUT2D eigenvalue weighted by atomic mass is 10.1. The third-order valence-electron chi connectivity index (χ3n) is 4.21. The van der Waals surface area contributed by atoms with Crippen LogP contribution in [0.25, 0.3) is 16.2 Å². The number of hydrogen-bond donors (Lipinski definition) is 1. The third kappa shape index (κ3) is 2.21. The predicted octanol–water partition coefficient (Wildman–Crippen LogP) is 3.16. The molecule has 0 amide bonds. The number of nitrogens with two attached hydrogens (primary N) is 1. The van der Waals surface area contributed by atoms with E-state index in [0.717, 1.165) is 39.8 Å². The van der Waals surface area contributed by atoms with Crippen molar-refractivity contribution in [1.82, 2.24) is 9.38 Å². The first-order valence-corrected chi connectivity index (χ1v) is 8.64. The second kappa shape index (κ2) is 5.54. The Hall–Kier alpha value is -2.05. The van der Waals surface area contributed by atoms with Gasteiger partial charge in [0.05, 0.1) is 11.4 Å². The highest BCUT2D eigenvalue weighted by atomic mass is 32.1. The number of aryl methyl sites for hydroxylation is 2. The molecule has 0 radical (unpaired) electrons. The SMILES string of the molecule is CCc1c(C)sc2nc(-c3ccc4c(c3)OCCO4)c(CN)n12. The van der Waals surface area contributed by atoms with Gasteiger partial charge in [-0.2, -0.15) is 0 Å². The summed E-state index contributed by atoms with van der Waals surface area (Å²) >= 11 is 1.72. The largest absolute Gasteiger partial charge is 0.486 e. The fourth-order valence-electron chi connectivity index (χ4n) is 3.15. The maximum absolute atomic E-state index is 6.06. The molecule has 1 aliphatic heterocycles. The van der Waals surface area contributed by atoms with Gasteiger partial charge < -0.3 is 15.2 Å². The van der Waals surface area contributed by atoms with Crippen molar-refractivity contribution in [2.45, 2.75) is 26.8 Å². The molecular weight excluding hydrogens is 310 g/mol. The monoisotopic (exact) mass is 329 g/mol. The van der Waals surface area contributed by atoms with E-state index in [-0.39, 0.29) is 0 Å². The van der Waals surface area contributed by atoms with Crippen LogP contribution >= 0.6 is 11.3 Å². The van der Waals surface area contributed by atoms with E-state index in [9.17, 15) is 0 Å². The Morgan fingerprint density at radius 2 is 2.00 bits per heavy atom. The van der Waals surface area contributed by atoms with Crippen LogP contribution in [0.15, 0.2) is 18.2 Å². The predicted molar refractivity (Wildman–Crippen MR) is 91.5 cm³/mol. The van der Waals surface area contributed by atoms with Gasteiger partial charge in [0.2, 0.25) is 0 Å². The molecule has 1 aromatic carbocycles. The summed E-state index contributed by atoms with van der Waals surface area (Å²) < 4.78 is 13.5. The number of ether oxygens (including phenoxy) is 2. The van der Waals surface area contributed by atoms with Crippen LogP contribution < -0.4 is 15.2 Å². The Bertz CT molecular complexity index is 882. The van der Waals surface area contributed by atoms with Crippen molar-refractivity contribution in [1.29, 1.82) is 0 Å². The average molecular weight is 329 g/mol. The molecule has 0 aliphatic carbocycles. The number of aromatic nitrogens is 2. The molecule has 3 aromatic rings. The average Bonchev–Trinajstić information content (AvgIpc) is 3.08. The molecule has 1 aliphatic rings. The van der Waals surface area contributed by atoms with Gasteiger partial charge in [-0.3, -0.25) is 4.40 Å². The molecule has 0 atom stereocenters. The van der Waals surface area contributed by atoms with Gasteiger partial charge in [-0.25, -0.2) is 4.98 Å². The molecular formula is C17H19N3O2S. The van der Waals surface area contributed by atoms with Crippen molar-refractivity contribution in [2.24, 2.45) is 5.73 Å². The number of hydrogen-bond acceptors (Lipinski definition) is 5. The molecule has 23 heavy (non-hydrogen) atoms. The molecule has 0 saturated carbocycles. The molecule has 3 heterocycles. The van der Waals surface area contributed by atoms with Gasteiger partial charge >= 0.3 is 0 Å². The maximum Gasteiger partial charge on any atom is 0.194 e. The van der Waals surface area contributed by atoms with Gasteiger partial charge in [0, 0.05) is 22.7 Å². The summed E-state index contributed by atoms with van der Waals surface area (Å²) in [5.74, 6) is 1.57. The van der Waals surface area contributed by atoms with Crippen LogP contribution in [0.4, 0.5) is 0 Å². The summed E-state index contributed by atoms with van der Waals surface area (Å²) in [5.41, 5.74) is 10.4. The second-order valence-electron chi connectivity index (χ2n) is 5.55. The van der Waals surface area contributed by atoms with Crippen LogP contribution in [-0.4, -0.2) is 22.6 Å². The summed E-state index contributed by atoms with van der Waals surface area (Å²) in [6.45, 7) is 5.94. The molecule has 2 N–H and O–H groups in total. The summed E-state index contributed by atoms with van der Waals surface area (Å²) in [7, 11) is 0. The number of thiazole rings is 1. The highest BCUT2D eigenvalue weighted by Crippen LogP contribution is 2.37. The molecule has 0 saturated heterocycles. The summed E-state index contributed by atoms with van der Waals surface area (Å²) in [4.78, 5) is 7.15. The summed E-state index contributed by atoms with van der Waals surface area (Å²) in [6, 6.07) is 5.97. The van der Waals surface area contributed by atoms with E-state index >= 15 is 0 Å². The lowest BCUT2D eigenvalue weighted by Gasteiger charge is -2.18. The maximum atomic E-state index is 6.06. The van der Waals surface area contributed by atoms with Gasteiger partial charge in [0.1, 0.15) is 13.2 Å². The zero-order valence-electron chi connectivity index (χ0n) is 13.3. The van der Waals surface area contributed by atoms with Crippen molar-refractivity contribution in [2.75, 3.05) is 13.2 Å². The van der Waals surface area contributed by atoms with Gasteiger partial charge in [-0.15, -0.1) is 11.3 Å². The first-order valence-electron chi connectivity index (χ1n) is 7.82. The zero-order chi connectivity index (χ0) is 16.0. The second-order valence-corrected chi connectivity index (χ2v) is 6.73. The number of benzene rings is 1. The Morgan fingerprint density at radius 1 is 1.22 bits per heavy atom. The molecule has 5 nitrogen and oxygen atoms in total. The highest BCUT2D eigenvalue weighted by Gasteiger charge is 2.20. The smallest absolute Gasteiger partial charge is 0.194 e.